The van der Waals surface area contributed by atoms with Gasteiger partial charge in [0.25, 0.3) is 0 Å². The fourth-order valence-corrected chi connectivity index (χ4v) is 4.79. The third-order valence-corrected chi connectivity index (χ3v) is 6.49. The van der Waals surface area contributed by atoms with E-state index in [9.17, 15) is 0 Å². The molecule has 2 aliphatic rings. The molecule has 2 atom stereocenters. The molecule has 0 aromatic carbocycles. The maximum Gasteiger partial charge on any atom is 0.180 e. The van der Waals surface area contributed by atoms with Crippen LogP contribution in [-0.2, 0) is 11.8 Å². The topological polar surface area (TPSA) is 54.5 Å². The van der Waals surface area contributed by atoms with Gasteiger partial charge in [0, 0.05) is 29.1 Å². The molecular formula is C19H26N4. The number of hydrogen-bond donors (Lipinski definition) is 1. The van der Waals surface area contributed by atoms with Gasteiger partial charge in [-0.25, -0.2) is 9.97 Å². The van der Waals surface area contributed by atoms with Crippen LogP contribution in [0.25, 0.3) is 11.5 Å². The summed E-state index contributed by atoms with van der Waals surface area (Å²) in [5, 5.41) is 7.93. The second kappa shape index (κ2) is 4.65. The molecule has 2 aliphatic carbocycles. The highest BCUT2D eigenvalue weighted by Gasteiger charge is 2.61. The molecule has 2 heterocycles. The van der Waals surface area contributed by atoms with Gasteiger partial charge in [-0.2, -0.15) is 5.10 Å². The first-order valence-corrected chi connectivity index (χ1v) is 8.74. The highest BCUT2D eigenvalue weighted by atomic mass is 15.2. The highest BCUT2D eigenvalue weighted by molar-refractivity contribution is 5.63. The van der Waals surface area contributed by atoms with Gasteiger partial charge in [-0.1, -0.05) is 34.6 Å². The Kier molecular flexibility index (Phi) is 3.00. The number of aromatic amines is 1. The largest absolute Gasteiger partial charge is 0.281 e. The van der Waals surface area contributed by atoms with Crippen molar-refractivity contribution in [3.05, 3.63) is 29.2 Å². The van der Waals surface area contributed by atoms with E-state index in [4.69, 9.17) is 0 Å². The van der Waals surface area contributed by atoms with Crippen molar-refractivity contribution in [3.63, 3.8) is 0 Å². The molecule has 1 saturated carbocycles. The van der Waals surface area contributed by atoms with Crippen molar-refractivity contribution in [1.82, 2.24) is 20.2 Å². The van der Waals surface area contributed by atoms with Gasteiger partial charge in [0.05, 0.1) is 0 Å². The lowest BCUT2D eigenvalue weighted by Gasteiger charge is -2.34. The van der Waals surface area contributed by atoms with Crippen molar-refractivity contribution < 1.29 is 0 Å². The Hall–Kier alpha value is -1.71. The van der Waals surface area contributed by atoms with E-state index >= 15 is 0 Å². The molecule has 4 rings (SSSR count). The van der Waals surface area contributed by atoms with Crippen LogP contribution < -0.4 is 0 Å². The van der Waals surface area contributed by atoms with Crippen LogP contribution in [0.5, 0.6) is 0 Å². The second-order valence-corrected chi connectivity index (χ2v) is 8.52. The first-order chi connectivity index (χ1) is 10.8. The van der Waals surface area contributed by atoms with Gasteiger partial charge in [-0.05, 0) is 42.1 Å². The number of nitrogens with one attached hydrogen (secondary N) is 1. The number of rotatable bonds is 3. The average Bonchev–Trinajstić information content (AvgIpc) is 3.06. The van der Waals surface area contributed by atoms with Gasteiger partial charge in [0.1, 0.15) is 5.69 Å². The third kappa shape index (κ3) is 1.87. The van der Waals surface area contributed by atoms with E-state index in [2.05, 4.69) is 54.8 Å². The molecule has 2 aromatic heterocycles. The monoisotopic (exact) mass is 310 g/mol. The molecule has 1 N–H and O–H groups in total. The molecule has 0 aliphatic heterocycles. The molecule has 23 heavy (non-hydrogen) atoms. The Balaban J connectivity index is 1.74. The zero-order valence-corrected chi connectivity index (χ0v) is 14.8. The van der Waals surface area contributed by atoms with Crippen molar-refractivity contribution in [2.24, 2.45) is 11.3 Å². The molecule has 0 amide bonds. The van der Waals surface area contributed by atoms with Crippen molar-refractivity contribution in [2.75, 3.05) is 0 Å². The zero-order valence-electron chi connectivity index (χ0n) is 14.8. The summed E-state index contributed by atoms with van der Waals surface area (Å²) in [5.41, 5.74) is 5.35. The number of nitrogens with zero attached hydrogens (tertiary/aromatic N) is 3. The van der Waals surface area contributed by atoms with Crippen LogP contribution in [0.4, 0.5) is 0 Å². The Bertz CT molecular complexity index is 741. The lowest BCUT2D eigenvalue weighted by atomic mass is 9.70. The minimum absolute atomic E-state index is 0.204. The van der Waals surface area contributed by atoms with Crippen LogP contribution in [0.15, 0.2) is 12.4 Å². The number of H-pyrrole nitrogens is 1. The molecule has 0 spiro atoms. The summed E-state index contributed by atoms with van der Waals surface area (Å²) in [5.74, 6) is 1.95. The minimum Gasteiger partial charge on any atom is -0.281 e. The van der Waals surface area contributed by atoms with Crippen molar-refractivity contribution in [1.29, 1.82) is 0 Å². The number of fused-ring (bicyclic) bond motifs is 5. The summed E-state index contributed by atoms with van der Waals surface area (Å²) in [7, 11) is 0. The third-order valence-electron chi connectivity index (χ3n) is 6.49. The van der Waals surface area contributed by atoms with Crippen molar-refractivity contribution >= 4 is 0 Å². The molecule has 1 fully saturated rings. The van der Waals surface area contributed by atoms with Crippen LogP contribution in [-0.4, -0.2) is 20.2 Å². The van der Waals surface area contributed by atoms with E-state index in [0.717, 1.165) is 17.9 Å². The summed E-state index contributed by atoms with van der Waals surface area (Å²) in [6.07, 6.45) is 7.43. The van der Waals surface area contributed by atoms with Gasteiger partial charge >= 0.3 is 0 Å². The first kappa shape index (κ1) is 14.9. The van der Waals surface area contributed by atoms with E-state index in [1.54, 1.807) is 0 Å². The van der Waals surface area contributed by atoms with Gasteiger partial charge in [0.2, 0.25) is 0 Å². The maximum atomic E-state index is 4.61. The van der Waals surface area contributed by atoms with Gasteiger partial charge in [0.15, 0.2) is 5.82 Å². The van der Waals surface area contributed by atoms with E-state index in [1.807, 2.05) is 12.4 Å². The Labute approximate surface area is 138 Å². The van der Waals surface area contributed by atoms with Crippen LogP contribution in [0, 0.1) is 11.3 Å². The predicted molar refractivity (Wildman–Crippen MR) is 91.3 cm³/mol. The molecule has 4 nitrogen and oxygen atoms in total. The standard InChI is InChI=1S/C19H26N4/c1-11(2)8-12-9-20-17(21-10-12)15-14-13-6-7-19(5,18(13,3)4)16(14)23-22-15/h9-11,13H,6-8H2,1-5H3,(H,22,23). The summed E-state index contributed by atoms with van der Waals surface area (Å²) < 4.78 is 0. The SMILES string of the molecule is CC(C)Cc1cnc(-c2n[nH]c3c2C2CCC3(C)C2(C)C)nc1. The van der Waals surface area contributed by atoms with E-state index in [-0.39, 0.29) is 10.8 Å². The lowest BCUT2D eigenvalue weighted by Crippen LogP contribution is -2.32. The van der Waals surface area contributed by atoms with Crippen LogP contribution >= 0.6 is 0 Å². The lowest BCUT2D eigenvalue weighted by molar-refractivity contribution is 0.225. The van der Waals surface area contributed by atoms with Gasteiger partial charge in [-0.3, -0.25) is 5.10 Å². The van der Waals surface area contributed by atoms with Crippen LogP contribution in [0.1, 0.15) is 70.2 Å². The van der Waals surface area contributed by atoms with Crippen LogP contribution in [0.3, 0.4) is 0 Å². The van der Waals surface area contributed by atoms with Gasteiger partial charge in [-0.15, -0.1) is 0 Å². The van der Waals surface area contributed by atoms with E-state index in [0.29, 0.717) is 11.8 Å². The Morgan fingerprint density at radius 3 is 2.57 bits per heavy atom. The molecule has 0 saturated heterocycles. The summed E-state index contributed by atoms with van der Waals surface area (Å²) >= 11 is 0. The molecule has 4 heteroatoms. The second-order valence-electron chi connectivity index (χ2n) is 8.52. The number of aromatic nitrogens is 4. The maximum absolute atomic E-state index is 4.61. The van der Waals surface area contributed by atoms with Crippen molar-refractivity contribution in [2.45, 2.75) is 65.2 Å². The molecule has 2 unspecified atom stereocenters. The summed E-state index contributed by atoms with van der Waals surface area (Å²) in [6, 6.07) is 0. The Morgan fingerprint density at radius 2 is 1.91 bits per heavy atom. The normalized spacial score (nSPS) is 27.7. The Morgan fingerprint density at radius 1 is 1.22 bits per heavy atom. The van der Waals surface area contributed by atoms with Crippen LogP contribution in [0.2, 0.25) is 0 Å². The molecular weight excluding hydrogens is 284 g/mol. The zero-order chi connectivity index (χ0) is 16.4. The number of hydrogen-bond acceptors (Lipinski definition) is 3. The fraction of sp³-hybridized carbons (Fsp3) is 0.632. The molecule has 2 bridgehead atoms. The van der Waals surface area contributed by atoms with E-state index in [1.165, 1.54) is 29.7 Å². The average molecular weight is 310 g/mol. The predicted octanol–water partition coefficient (Wildman–Crippen LogP) is 4.24. The fourth-order valence-electron chi connectivity index (χ4n) is 4.79. The van der Waals surface area contributed by atoms with Crippen molar-refractivity contribution in [3.8, 4) is 11.5 Å². The summed E-state index contributed by atoms with van der Waals surface area (Å²) in [4.78, 5) is 9.22. The molecule has 2 aromatic rings. The van der Waals surface area contributed by atoms with Gasteiger partial charge < -0.3 is 0 Å². The quantitative estimate of drug-likeness (QED) is 0.922. The molecule has 122 valence electrons. The molecule has 0 radical (unpaired) electrons. The summed E-state index contributed by atoms with van der Waals surface area (Å²) in [6.45, 7) is 11.6. The smallest absolute Gasteiger partial charge is 0.180 e. The first-order valence-electron chi connectivity index (χ1n) is 8.74. The highest BCUT2D eigenvalue weighted by Crippen LogP contribution is 2.68. The minimum atomic E-state index is 0.204. The van der Waals surface area contributed by atoms with E-state index < -0.39 is 0 Å².